The molecule has 0 N–H and O–H groups in total. The van der Waals surface area contributed by atoms with E-state index in [1.54, 1.807) is 6.07 Å². The third kappa shape index (κ3) is 2.16. The fraction of sp³-hybridized carbons (Fsp3) is 0.462. The van der Waals surface area contributed by atoms with Crippen molar-refractivity contribution in [2.75, 3.05) is 6.54 Å². The predicted molar refractivity (Wildman–Crippen MR) is 60.7 cm³/mol. The summed E-state index contributed by atoms with van der Waals surface area (Å²) in [5.74, 6) is -4.49. The lowest BCUT2D eigenvalue weighted by molar-refractivity contribution is -0.159. The number of benzene rings is 1. The number of carbonyl (C=O) groups is 1. The van der Waals surface area contributed by atoms with Crippen LogP contribution < -0.4 is 0 Å². The Morgan fingerprint density at radius 1 is 1.35 bits per heavy atom. The Hall–Kier alpha value is -1.45. The van der Waals surface area contributed by atoms with Gasteiger partial charge in [0.15, 0.2) is 0 Å². The first-order valence-corrected chi connectivity index (χ1v) is 5.78. The van der Waals surface area contributed by atoms with Crippen LogP contribution >= 0.6 is 0 Å². The van der Waals surface area contributed by atoms with E-state index in [-0.39, 0.29) is 11.6 Å². The lowest BCUT2D eigenvalue weighted by Crippen LogP contribution is -2.43. The molecule has 1 atom stereocenters. The largest absolute Gasteiger partial charge is 0.349 e. The van der Waals surface area contributed by atoms with Gasteiger partial charge in [-0.2, -0.15) is 8.78 Å². The SMILES string of the molecule is CC1CCCN1C(=O)C(F)(F)c1ccccc1. The zero-order valence-corrected chi connectivity index (χ0v) is 9.70. The van der Waals surface area contributed by atoms with Gasteiger partial charge in [-0.3, -0.25) is 4.79 Å². The van der Waals surface area contributed by atoms with Crippen LogP contribution in [0, 0.1) is 0 Å². The molecule has 2 nitrogen and oxygen atoms in total. The third-order valence-electron chi connectivity index (χ3n) is 3.22. The zero-order chi connectivity index (χ0) is 12.5. The maximum absolute atomic E-state index is 14.0. The van der Waals surface area contributed by atoms with Crippen LogP contribution in [0.4, 0.5) is 8.78 Å². The van der Waals surface area contributed by atoms with Crippen molar-refractivity contribution in [3.63, 3.8) is 0 Å². The van der Waals surface area contributed by atoms with Crippen LogP contribution in [0.15, 0.2) is 30.3 Å². The van der Waals surface area contributed by atoms with Crippen molar-refractivity contribution < 1.29 is 13.6 Å². The van der Waals surface area contributed by atoms with E-state index in [1.165, 1.54) is 29.2 Å². The highest BCUT2D eigenvalue weighted by molar-refractivity contribution is 5.85. The quantitative estimate of drug-likeness (QED) is 0.777. The molecule has 1 fully saturated rings. The third-order valence-corrected chi connectivity index (χ3v) is 3.22. The smallest absolute Gasteiger partial charge is 0.334 e. The van der Waals surface area contributed by atoms with Crippen molar-refractivity contribution in [1.29, 1.82) is 0 Å². The molecule has 1 amide bonds. The molecular formula is C13H15F2NO. The number of likely N-dealkylation sites (tertiary alicyclic amines) is 1. The van der Waals surface area contributed by atoms with Crippen LogP contribution in [0.5, 0.6) is 0 Å². The average molecular weight is 239 g/mol. The van der Waals surface area contributed by atoms with Crippen LogP contribution in [-0.2, 0) is 10.7 Å². The summed E-state index contributed by atoms with van der Waals surface area (Å²) in [6, 6.07) is 7.19. The molecule has 0 radical (unpaired) electrons. The Balaban J connectivity index is 2.23. The van der Waals surface area contributed by atoms with E-state index in [4.69, 9.17) is 0 Å². The second kappa shape index (κ2) is 4.43. The number of halogens is 2. The molecule has 1 aromatic carbocycles. The topological polar surface area (TPSA) is 20.3 Å². The molecule has 0 saturated carbocycles. The van der Waals surface area contributed by atoms with E-state index in [9.17, 15) is 13.6 Å². The van der Waals surface area contributed by atoms with Crippen LogP contribution in [0.25, 0.3) is 0 Å². The number of amides is 1. The molecule has 0 aromatic heterocycles. The lowest BCUT2D eigenvalue weighted by Gasteiger charge is -2.26. The maximum Gasteiger partial charge on any atom is 0.349 e. The standard InChI is InChI=1S/C13H15F2NO/c1-10-6-5-9-16(10)12(17)13(14,15)11-7-3-2-4-8-11/h2-4,7-8,10H,5-6,9H2,1H3. The van der Waals surface area contributed by atoms with E-state index >= 15 is 0 Å². The van der Waals surface area contributed by atoms with Crippen LogP contribution in [0.3, 0.4) is 0 Å². The number of nitrogens with zero attached hydrogens (tertiary/aromatic N) is 1. The van der Waals surface area contributed by atoms with Crippen molar-refractivity contribution in [2.45, 2.75) is 31.7 Å². The number of hydrogen-bond acceptors (Lipinski definition) is 1. The van der Waals surface area contributed by atoms with Gasteiger partial charge in [-0.1, -0.05) is 30.3 Å². The van der Waals surface area contributed by atoms with Crippen molar-refractivity contribution in [3.8, 4) is 0 Å². The van der Waals surface area contributed by atoms with Crippen LogP contribution in [0.1, 0.15) is 25.3 Å². The summed E-state index contributed by atoms with van der Waals surface area (Å²) in [4.78, 5) is 13.1. The van der Waals surface area contributed by atoms with E-state index in [0.29, 0.717) is 6.54 Å². The molecule has 1 saturated heterocycles. The maximum atomic E-state index is 14.0. The molecule has 17 heavy (non-hydrogen) atoms. The summed E-state index contributed by atoms with van der Waals surface area (Å²) < 4.78 is 28.0. The minimum atomic E-state index is -3.42. The first-order chi connectivity index (χ1) is 8.03. The Morgan fingerprint density at radius 2 is 2.00 bits per heavy atom. The molecule has 0 aliphatic carbocycles. The second-order valence-corrected chi connectivity index (χ2v) is 4.43. The molecular weight excluding hydrogens is 224 g/mol. The van der Waals surface area contributed by atoms with Crippen molar-refractivity contribution in [1.82, 2.24) is 4.90 Å². The Kier molecular flexibility index (Phi) is 3.13. The first-order valence-electron chi connectivity index (χ1n) is 5.78. The van der Waals surface area contributed by atoms with E-state index in [1.807, 2.05) is 6.92 Å². The molecule has 1 aliphatic rings. The fourth-order valence-electron chi connectivity index (χ4n) is 2.19. The van der Waals surface area contributed by atoms with E-state index in [0.717, 1.165) is 12.8 Å². The van der Waals surface area contributed by atoms with Crippen molar-refractivity contribution in [3.05, 3.63) is 35.9 Å². The summed E-state index contributed by atoms with van der Waals surface area (Å²) in [7, 11) is 0. The monoisotopic (exact) mass is 239 g/mol. The Morgan fingerprint density at radius 3 is 2.53 bits per heavy atom. The normalized spacial score (nSPS) is 20.6. The molecule has 0 bridgehead atoms. The molecule has 1 aliphatic heterocycles. The summed E-state index contributed by atoms with van der Waals surface area (Å²) in [5.41, 5.74) is -0.232. The lowest BCUT2D eigenvalue weighted by atomic mass is 10.1. The van der Waals surface area contributed by atoms with E-state index in [2.05, 4.69) is 0 Å². The summed E-state index contributed by atoms with van der Waals surface area (Å²) in [6.07, 6.45) is 1.61. The average Bonchev–Trinajstić information content (AvgIpc) is 2.75. The van der Waals surface area contributed by atoms with Gasteiger partial charge in [0.1, 0.15) is 0 Å². The number of carbonyl (C=O) groups excluding carboxylic acids is 1. The highest BCUT2D eigenvalue weighted by Gasteiger charge is 2.45. The number of hydrogen-bond donors (Lipinski definition) is 0. The van der Waals surface area contributed by atoms with Gasteiger partial charge in [0.05, 0.1) is 0 Å². The zero-order valence-electron chi connectivity index (χ0n) is 9.70. The molecule has 92 valence electrons. The highest BCUT2D eigenvalue weighted by Crippen LogP contribution is 2.32. The van der Waals surface area contributed by atoms with Crippen LogP contribution in [0.2, 0.25) is 0 Å². The molecule has 1 aromatic rings. The van der Waals surface area contributed by atoms with Gasteiger partial charge in [-0.05, 0) is 19.8 Å². The van der Waals surface area contributed by atoms with Gasteiger partial charge >= 0.3 is 5.92 Å². The molecule has 2 rings (SSSR count). The molecule has 4 heteroatoms. The Bertz CT molecular complexity index is 405. The van der Waals surface area contributed by atoms with Gasteiger partial charge < -0.3 is 4.90 Å². The number of rotatable bonds is 2. The van der Waals surface area contributed by atoms with Gasteiger partial charge in [-0.25, -0.2) is 0 Å². The first kappa shape index (κ1) is 12.0. The second-order valence-electron chi connectivity index (χ2n) is 4.43. The summed E-state index contributed by atoms with van der Waals surface area (Å²) >= 11 is 0. The van der Waals surface area contributed by atoms with Crippen molar-refractivity contribution in [2.24, 2.45) is 0 Å². The van der Waals surface area contributed by atoms with Gasteiger partial charge in [-0.15, -0.1) is 0 Å². The van der Waals surface area contributed by atoms with Gasteiger partial charge in [0.25, 0.3) is 5.91 Å². The van der Waals surface area contributed by atoms with Crippen molar-refractivity contribution >= 4 is 5.91 Å². The minimum absolute atomic E-state index is 0.0860. The number of alkyl halides is 2. The summed E-state index contributed by atoms with van der Waals surface area (Å²) in [5, 5.41) is 0. The Labute approximate surface area is 99.2 Å². The molecule has 0 spiro atoms. The van der Waals surface area contributed by atoms with Gasteiger partial charge in [0, 0.05) is 18.2 Å². The molecule has 1 unspecified atom stereocenters. The van der Waals surface area contributed by atoms with Crippen LogP contribution in [-0.4, -0.2) is 23.4 Å². The van der Waals surface area contributed by atoms with E-state index < -0.39 is 11.8 Å². The molecule has 1 heterocycles. The minimum Gasteiger partial charge on any atom is -0.334 e. The fourth-order valence-corrected chi connectivity index (χ4v) is 2.19. The highest BCUT2D eigenvalue weighted by atomic mass is 19.3. The van der Waals surface area contributed by atoms with Gasteiger partial charge in [0.2, 0.25) is 0 Å². The summed E-state index contributed by atoms with van der Waals surface area (Å²) in [6.45, 7) is 2.24. The predicted octanol–water partition coefficient (Wildman–Crippen LogP) is 2.79.